The minimum atomic E-state index is -1.21. The number of rotatable bonds is 8. The average molecular weight is 335 g/mol. The van der Waals surface area contributed by atoms with Crippen molar-refractivity contribution in [2.45, 2.75) is 32.3 Å². The summed E-state index contributed by atoms with van der Waals surface area (Å²) in [5.74, 6) is 4.35. The van der Waals surface area contributed by atoms with Crippen LogP contribution in [0.25, 0.3) is 10.1 Å². The summed E-state index contributed by atoms with van der Waals surface area (Å²) in [7, 11) is 0. The second-order valence-electron chi connectivity index (χ2n) is 5.97. The third kappa shape index (κ3) is 4.60. The molecular formula is C17H21NO4S. The Morgan fingerprint density at radius 1 is 1.43 bits per heavy atom. The van der Waals surface area contributed by atoms with Crippen molar-refractivity contribution in [3.05, 3.63) is 35.2 Å². The minimum absolute atomic E-state index is 0.193. The Bertz CT molecular complexity index is 684. The van der Waals surface area contributed by atoms with E-state index in [4.69, 9.17) is 10.6 Å². The van der Waals surface area contributed by atoms with Gasteiger partial charge in [-0.05, 0) is 41.7 Å². The normalized spacial score (nSPS) is 15.1. The molecule has 0 aliphatic rings. The zero-order valence-electron chi connectivity index (χ0n) is 13.3. The van der Waals surface area contributed by atoms with Crippen LogP contribution in [-0.2, 0) is 25.6 Å². The third-order valence-electron chi connectivity index (χ3n) is 3.70. The third-order valence-corrected chi connectivity index (χ3v) is 4.72. The number of benzene rings is 1. The van der Waals surface area contributed by atoms with Crippen LogP contribution in [0.2, 0.25) is 0 Å². The number of carbonyl (C=O) groups excluding carboxylic acids is 2. The molecule has 0 aliphatic carbocycles. The maximum absolute atomic E-state index is 11.2. The van der Waals surface area contributed by atoms with Gasteiger partial charge in [0.25, 0.3) is 0 Å². The maximum Gasteiger partial charge on any atom is 0.327 e. The summed E-state index contributed by atoms with van der Waals surface area (Å²) >= 11 is 1.72. The molecule has 23 heavy (non-hydrogen) atoms. The van der Waals surface area contributed by atoms with E-state index in [1.807, 2.05) is 12.1 Å². The number of nitrogens with two attached hydrogens (primary N) is 1. The van der Waals surface area contributed by atoms with Gasteiger partial charge < -0.3 is 14.4 Å². The van der Waals surface area contributed by atoms with Crippen LogP contribution < -0.4 is 5.90 Å². The van der Waals surface area contributed by atoms with Crippen molar-refractivity contribution in [2.75, 3.05) is 6.61 Å². The number of hydrogen-bond donors (Lipinski definition) is 1. The Balaban J connectivity index is 1.95. The molecule has 124 valence electrons. The van der Waals surface area contributed by atoms with Gasteiger partial charge in [0.1, 0.15) is 5.60 Å². The molecule has 1 aromatic carbocycles. The average Bonchev–Trinajstić information content (AvgIpc) is 2.96. The molecule has 2 atom stereocenters. The largest absolute Gasteiger partial charge is 0.373 e. The van der Waals surface area contributed by atoms with Gasteiger partial charge in [-0.15, -0.1) is 11.3 Å². The van der Waals surface area contributed by atoms with Crippen molar-refractivity contribution >= 4 is 33.7 Å². The molecule has 1 heterocycles. The lowest BCUT2D eigenvalue weighted by Crippen LogP contribution is -2.36. The number of carbonyl (C=O) groups is 2. The molecule has 2 N–H and O–H groups in total. The van der Waals surface area contributed by atoms with E-state index >= 15 is 0 Å². The van der Waals surface area contributed by atoms with Gasteiger partial charge in [0.05, 0.1) is 13.0 Å². The summed E-state index contributed by atoms with van der Waals surface area (Å²) in [4.78, 5) is 26.6. The van der Waals surface area contributed by atoms with E-state index in [-0.39, 0.29) is 12.3 Å². The van der Waals surface area contributed by atoms with Gasteiger partial charge in [-0.3, -0.25) is 4.79 Å². The minimum Gasteiger partial charge on any atom is -0.373 e. The fourth-order valence-corrected chi connectivity index (χ4v) is 3.39. The van der Waals surface area contributed by atoms with Crippen LogP contribution >= 0.6 is 11.3 Å². The molecule has 0 spiro atoms. The molecule has 0 fully saturated rings. The van der Waals surface area contributed by atoms with Crippen LogP contribution in [0, 0.1) is 5.92 Å². The molecule has 0 bridgehead atoms. The van der Waals surface area contributed by atoms with Crippen molar-refractivity contribution in [1.29, 1.82) is 0 Å². The lowest BCUT2D eigenvalue weighted by atomic mass is 10.00. The quantitative estimate of drug-likeness (QED) is 0.593. The second kappa shape index (κ2) is 7.68. The van der Waals surface area contributed by atoms with Crippen LogP contribution in [0.4, 0.5) is 0 Å². The predicted molar refractivity (Wildman–Crippen MR) is 90.0 cm³/mol. The summed E-state index contributed by atoms with van der Waals surface area (Å²) in [5.41, 5.74) is 0.0670. The van der Waals surface area contributed by atoms with Gasteiger partial charge >= 0.3 is 5.97 Å². The second-order valence-corrected chi connectivity index (χ2v) is 6.89. The highest BCUT2D eigenvalue weighted by Gasteiger charge is 2.29. The molecule has 0 saturated heterocycles. The van der Waals surface area contributed by atoms with Gasteiger partial charge in [-0.1, -0.05) is 25.1 Å². The number of fused-ring (bicyclic) bond motifs is 1. The van der Waals surface area contributed by atoms with Gasteiger partial charge in [0, 0.05) is 4.70 Å². The van der Waals surface area contributed by atoms with Crippen LogP contribution in [0.3, 0.4) is 0 Å². The monoisotopic (exact) mass is 335 g/mol. The Morgan fingerprint density at radius 2 is 2.17 bits per heavy atom. The Kier molecular flexibility index (Phi) is 5.87. The molecule has 5 nitrogen and oxygen atoms in total. The van der Waals surface area contributed by atoms with Gasteiger partial charge in [0.2, 0.25) is 0 Å². The highest BCUT2D eigenvalue weighted by molar-refractivity contribution is 7.17. The molecule has 2 unspecified atom stereocenters. The van der Waals surface area contributed by atoms with Crippen LogP contribution in [0.15, 0.2) is 29.6 Å². The predicted octanol–water partition coefficient (Wildman–Crippen LogP) is 2.86. The number of aldehydes is 1. The SMILES string of the molecule is CC(COC(C)(C=O)CC(=O)ON)Cc1csc2ccccc12. The summed E-state index contributed by atoms with van der Waals surface area (Å²) in [5, 5.41) is 3.42. The summed E-state index contributed by atoms with van der Waals surface area (Å²) < 4.78 is 6.92. The molecular weight excluding hydrogens is 314 g/mol. The molecule has 0 saturated carbocycles. The van der Waals surface area contributed by atoms with E-state index in [1.165, 1.54) is 15.6 Å². The first-order valence-corrected chi connectivity index (χ1v) is 8.30. The fraction of sp³-hybridized carbons (Fsp3) is 0.412. The van der Waals surface area contributed by atoms with Crippen molar-refractivity contribution in [3.8, 4) is 0 Å². The highest BCUT2D eigenvalue weighted by Crippen LogP contribution is 2.28. The first-order chi connectivity index (χ1) is 11.0. The summed E-state index contributed by atoms with van der Waals surface area (Å²) in [6.07, 6.45) is 1.28. The van der Waals surface area contributed by atoms with Crippen LogP contribution in [-0.4, -0.2) is 24.5 Å². The van der Waals surface area contributed by atoms with E-state index in [2.05, 4.69) is 29.3 Å². The highest BCUT2D eigenvalue weighted by atomic mass is 32.1. The van der Waals surface area contributed by atoms with E-state index in [1.54, 1.807) is 18.3 Å². The summed E-state index contributed by atoms with van der Waals surface area (Å²) in [6, 6.07) is 8.27. The van der Waals surface area contributed by atoms with E-state index in [0.29, 0.717) is 12.9 Å². The van der Waals surface area contributed by atoms with Gasteiger partial charge in [-0.2, -0.15) is 5.90 Å². The molecule has 0 aliphatic heterocycles. The van der Waals surface area contributed by atoms with Crippen molar-refractivity contribution < 1.29 is 19.2 Å². The number of hydrogen-bond acceptors (Lipinski definition) is 6. The lowest BCUT2D eigenvalue weighted by Gasteiger charge is -2.24. The maximum atomic E-state index is 11.2. The fourth-order valence-electron chi connectivity index (χ4n) is 2.41. The Morgan fingerprint density at radius 3 is 2.87 bits per heavy atom. The van der Waals surface area contributed by atoms with Gasteiger partial charge in [0.15, 0.2) is 6.29 Å². The Hall–Kier alpha value is -1.76. The molecule has 6 heteroatoms. The number of thiophene rings is 1. The number of ether oxygens (including phenoxy) is 1. The zero-order chi connectivity index (χ0) is 16.9. The first-order valence-electron chi connectivity index (χ1n) is 7.42. The van der Waals surface area contributed by atoms with Crippen molar-refractivity contribution in [2.24, 2.45) is 11.8 Å². The zero-order valence-corrected chi connectivity index (χ0v) is 14.1. The van der Waals surface area contributed by atoms with Crippen molar-refractivity contribution in [3.63, 3.8) is 0 Å². The van der Waals surface area contributed by atoms with Crippen LogP contribution in [0.1, 0.15) is 25.8 Å². The first kappa shape index (κ1) is 17.6. The molecule has 2 aromatic rings. The van der Waals surface area contributed by atoms with E-state index < -0.39 is 11.6 Å². The molecule has 2 rings (SSSR count). The van der Waals surface area contributed by atoms with Gasteiger partial charge in [-0.25, -0.2) is 0 Å². The van der Waals surface area contributed by atoms with E-state index in [9.17, 15) is 9.59 Å². The molecule has 0 radical (unpaired) electrons. The standard InChI is InChI=1S/C17H21NO4S/c1-12(9-21-17(2,11-19)8-16(20)22-18)7-13-10-23-15-6-4-3-5-14(13)15/h3-6,10-12H,7-9,18H2,1-2H3. The smallest absolute Gasteiger partial charge is 0.327 e. The summed E-state index contributed by atoms with van der Waals surface area (Å²) in [6.45, 7) is 3.99. The topological polar surface area (TPSA) is 78.6 Å². The molecule has 0 amide bonds. The Labute approximate surface area is 139 Å². The van der Waals surface area contributed by atoms with Crippen molar-refractivity contribution in [1.82, 2.24) is 0 Å². The van der Waals surface area contributed by atoms with E-state index in [0.717, 1.165) is 6.42 Å². The lowest BCUT2D eigenvalue weighted by molar-refractivity contribution is -0.155. The van der Waals surface area contributed by atoms with Crippen LogP contribution in [0.5, 0.6) is 0 Å². The molecule has 1 aromatic heterocycles.